The van der Waals surface area contributed by atoms with Gasteiger partial charge in [-0.2, -0.15) is 0 Å². The quantitative estimate of drug-likeness (QED) is 0.265. The van der Waals surface area contributed by atoms with Crippen molar-refractivity contribution in [3.63, 3.8) is 0 Å². The van der Waals surface area contributed by atoms with E-state index in [1.165, 1.54) is 4.90 Å². The Hall–Kier alpha value is -4.60. The minimum atomic E-state index is -1.32. The number of nitrogens with zero attached hydrogens (tertiary/aromatic N) is 1. The number of anilines is 1. The van der Waals surface area contributed by atoms with Gasteiger partial charge in [0.15, 0.2) is 0 Å². The van der Waals surface area contributed by atoms with Gasteiger partial charge in [-0.15, -0.1) is 0 Å². The lowest BCUT2D eigenvalue weighted by atomic mass is 9.93. The second kappa shape index (κ2) is 13.1. The van der Waals surface area contributed by atoms with Gasteiger partial charge in [0, 0.05) is 23.2 Å². The average Bonchev–Trinajstić information content (AvgIpc) is 2.89. The van der Waals surface area contributed by atoms with Gasteiger partial charge in [-0.3, -0.25) is 14.4 Å². The van der Waals surface area contributed by atoms with E-state index in [4.69, 9.17) is 10.5 Å². The van der Waals surface area contributed by atoms with Crippen LogP contribution in [0.4, 0.5) is 10.5 Å². The molecule has 43 heavy (non-hydrogen) atoms. The fourth-order valence-electron chi connectivity index (χ4n) is 4.78. The molecule has 3 aromatic carbocycles. The number of phenols is 1. The van der Waals surface area contributed by atoms with Gasteiger partial charge < -0.3 is 31.1 Å². The second-order valence-corrected chi connectivity index (χ2v) is 12.5. The molecule has 0 saturated heterocycles. The molecule has 0 spiro atoms. The molecule has 0 radical (unpaired) electrons. The molecule has 2 unspecified atom stereocenters. The number of hydrogen-bond acceptors (Lipinski definition) is 6. The first-order valence-corrected chi connectivity index (χ1v) is 14.2. The van der Waals surface area contributed by atoms with E-state index in [0.717, 1.165) is 10.8 Å². The molecule has 10 heteroatoms. The lowest BCUT2D eigenvalue weighted by Gasteiger charge is -2.43. The van der Waals surface area contributed by atoms with Crippen LogP contribution < -0.4 is 16.4 Å². The van der Waals surface area contributed by atoms with Gasteiger partial charge >= 0.3 is 6.09 Å². The molecule has 0 aliphatic rings. The van der Waals surface area contributed by atoms with Crippen LogP contribution in [-0.4, -0.2) is 51.0 Å². The highest BCUT2D eigenvalue weighted by atomic mass is 16.6. The molecular formula is C33H42N4O6. The fraction of sp³-hybridized carbons (Fsp3) is 0.394. The van der Waals surface area contributed by atoms with E-state index in [9.17, 15) is 24.3 Å². The van der Waals surface area contributed by atoms with E-state index in [0.29, 0.717) is 11.3 Å². The fourth-order valence-corrected chi connectivity index (χ4v) is 4.78. The Kier molecular flexibility index (Phi) is 10.1. The van der Waals surface area contributed by atoms with Gasteiger partial charge in [-0.05, 0) is 83.4 Å². The van der Waals surface area contributed by atoms with Crippen LogP contribution in [0.5, 0.6) is 5.75 Å². The number of amides is 4. The van der Waals surface area contributed by atoms with Crippen molar-refractivity contribution in [2.24, 2.45) is 5.73 Å². The SMILES string of the molecule is Cc1cccc(C(C(=O)Nc2ccc3ccccc3c2)N(C(=O)C(CCC(N)=O)NC(=O)OC(C)(C)C)C(C)(C)C)c1O. The van der Waals surface area contributed by atoms with Crippen molar-refractivity contribution in [2.45, 2.75) is 84.5 Å². The third kappa shape index (κ3) is 8.70. The number of carbonyl (C=O) groups is 4. The summed E-state index contributed by atoms with van der Waals surface area (Å²) in [5.41, 5.74) is 4.76. The maximum Gasteiger partial charge on any atom is 0.408 e. The molecular weight excluding hydrogens is 548 g/mol. The topological polar surface area (TPSA) is 151 Å². The summed E-state index contributed by atoms with van der Waals surface area (Å²) in [7, 11) is 0. The van der Waals surface area contributed by atoms with Crippen molar-refractivity contribution >= 4 is 40.3 Å². The standard InChI is InChI=1S/C33H42N4O6/c1-20-11-10-14-24(28(20)39)27(29(40)35-23-16-15-21-12-8-9-13-22(21)19-23)37(32(2,3)4)30(41)25(17-18-26(34)38)36-31(42)43-33(5,6)7/h8-16,19,25,27,39H,17-18H2,1-7H3,(H2,34,38)(H,35,40)(H,36,42). The summed E-state index contributed by atoms with van der Waals surface area (Å²) in [6, 6.07) is 15.5. The Labute approximate surface area is 252 Å². The number of aryl methyl sites for hydroxylation is 1. The van der Waals surface area contributed by atoms with Crippen molar-refractivity contribution in [2.75, 3.05) is 5.32 Å². The highest BCUT2D eigenvalue weighted by Crippen LogP contribution is 2.37. The van der Waals surface area contributed by atoms with Crippen LogP contribution in [-0.2, 0) is 19.1 Å². The van der Waals surface area contributed by atoms with Crippen molar-refractivity contribution in [1.82, 2.24) is 10.2 Å². The van der Waals surface area contributed by atoms with Gasteiger partial charge in [0.2, 0.25) is 11.8 Å². The molecule has 3 aromatic rings. The number of nitrogens with one attached hydrogen (secondary N) is 2. The molecule has 0 heterocycles. The summed E-state index contributed by atoms with van der Waals surface area (Å²) in [4.78, 5) is 54.4. The molecule has 0 aliphatic carbocycles. The predicted octanol–water partition coefficient (Wildman–Crippen LogP) is 5.32. The zero-order valence-electron chi connectivity index (χ0n) is 25.9. The van der Waals surface area contributed by atoms with Crippen LogP contribution in [0.1, 0.15) is 71.6 Å². The number of primary amides is 1. The largest absolute Gasteiger partial charge is 0.507 e. The molecule has 2 atom stereocenters. The van der Waals surface area contributed by atoms with Crippen molar-refractivity contribution in [3.8, 4) is 5.75 Å². The first kappa shape index (κ1) is 32.9. The summed E-state index contributed by atoms with van der Waals surface area (Å²) in [6.07, 6.45) is -1.19. The van der Waals surface area contributed by atoms with Gasteiger partial charge in [0.25, 0.3) is 5.91 Å². The molecule has 0 saturated carbocycles. The van der Waals surface area contributed by atoms with Crippen molar-refractivity contribution in [1.29, 1.82) is 0 Å². The van der Waals surface area contributed by atoms with Crippen LogP contribution in [0.3, 0.4) is 0 Å². The molecule has 4 amide bonds. The van der Waals surface area contributed by atoms with Gasteiger partial charge in [-0.1, -0.05) is 48.5 Å². The summed E-state index contributed by atoms with van der Waals surface area (Å²) in [6.45, 7) is 12.0. The van der Waals surface area contributed by atoms with E-state index in [-0.39, 0.29) is 24.2 Å². The second-order valence-electron chi connectivity index (χ2n) is 12.5. The molecule has 10 nitrogen and oxygen atoms in total. The number of phenolic OH excluding ortho intramolecular Hbond substituents is 1. The predicted molar refractivity (Wildman–Crippen MR) is 166 cm³/mol. The normalized spacial score (nSPS) is 13.1. The smallest absolute Gasteiger partial charge is 0.408 e. The third-order valence-corrected chi connectivity index (χ3v) is 6.72. The molecule has 0 aromatic heterocycles. The molecule has 3 rings (SSSR count). The van der Waals surface area contributed by atoms with E-state index < -0.39 is 47.0 Å². The van der Waals surface area contributed by atoms with Crippen LogP contribution in [0.15, 0.2) is 60.7 Å². The lowest BCUT2D eigenvalue weighted by molar-refractivity contribution is -0.147. The zero-order valence-corrected chi connectivity index (χ0v) is 25.9. The Balaban J connectivity index is 2.12. The number of alkyl carbamates (subject to hydrolysis) is 1. The first-order valence-electron chi connectivity index (χ1n) is 14.2. The van der Waals surface area contributed by atoms with Gasteiger partial charge in [-0.25, -0.2) is 4.79 Å². The van der Waals surface area contributed by atoms with E-state index in [1.54, 1.807) is 72.7 Å². The average molecular weight is 591 g/mol. The van der Waals surface area contributed by atoms with E-state index in [1.807, 2.05) is 36.4 Å². The van der Waals surface area contributed by atoms with Gasteiger partial charge in [0.05, 0.1) is 0 Å². The highest BCUT2D eigenvalue weighted by Gasteiger charge is 2.43. The third-order valence-electron chi connectivity index (χ3n) is 6.72. The number of para-hydroxylation sites is 1. The number of rotatable bonds is 9. The van der Waals surface area contributed by atoms with E-state index >= 15 is 0 Å². The number of benzene rings is 3. The van der Waals surface area contributed by atoms with Crippen molar-refractivity contribution < 1.29 is 29.0 Å². The highest BCUT2D eigenvalue weighted by molar-refractivity contribution is 6.01. The Bertz CT molecular complexity index is 1510. The Morgan fingerprint density at radius 2 is 1.58 bits per heavy atom. The molecule has 5 N–H and O–H groups in total. The molecule has 0 bridgehead atoms. The summed E-state index contributed by atoms with van der Waals surface area (Å²) in [5, 5.41) is 18.5. The maximum absolute atomic E-state index is 14.4. The van der Waals surface area contributed by atoms with Crippen LogP contribution in [0, 0.1) is 6.92 Å². The Morgan fingerprint density at radius 3 is 2.19 bits per heavy atom. The number of ether oxygens (including phenoxy) is 1. The number of carbonyl (C=O) groups excluding carboxylic acids is 4. The minimum Gasteiger partial charge on any atom is -0.507 e. The van der Waals surface area contributed by atoms with Crippen LogP contribution >= 0.6 is 0 Å². The summed E-state index contributed by atoms with van der Waals surface area (Å²) in [5.74, 6) is -2.03. The minimum absolute atomic E-state index is 0.126. The molecule has 0 aliphatic heterocycles. The zero-order chi connectivity index (χ0) is 32.1. The Morgan fingerprint density at radius 1 is 0.930 bits per heavy atom. The molecule has 0 fully saturated rings. The number of hydrogen-bond donors (Lipinski definition) is 4. The summed E-state index contributed by atoms with van der Waals surface area (Å²) < 4.78 is 5.38. The van der Waals surface area contributed by atoms with E-state index in [2.05, 4.69) is 10.6 Å². The van der Waals surface area contributed by atoms with Gasteiger partial charge in [0.1, 0.15) is 23.4 Å². The number of nitrogens with two attached hydrogens (primary N) is 1. The number of fused-ring (bicyclic) bond motifs is 1. The lowest BCUT2D eigenvalue weighted by Crippen LogP contribution is -2.58. The maximum atomic E-state index is 14.4. The summed E-state index contributed by atoms with van der Waals surface area (Å²) >= 11 is 0. The van der Waals surface area contributed by atoms with Crippen LogP contribution in [0.25, 0.3) is 10.8 Å². The molecule has 230 valence electrons. The van der Waals surface area contributed by atoms with Crippen LogP contribution in [0.2, 0.25) is 0 Å². The van der Waals surface area contributed by atoms with Crippen molar-refractivity contribution in [3.05, 3.63) is 71.8 Å². The number of aromatic hydroxyl groups is 1. The monoisotopic (exact) mass is 590 g/mol. The first-order chi connectivity index (χ1) is 20.0.